The monoisotopic (exact) mass is 327 g/mol. The lowest BCUT2D eigenvalue weighted by molar-refractivity contribution is 0.356. The highest BCUT2D eigenvalue weighted by atomic mass is 16.6. The topological polar surface area (TPSA) is 40.2 Å². The van der Waals surface area contributed by atoms with E-state index in [9.17, 15) is 0 Å². The molecule has 0 N–H and O–H groups in total. The highest BCUT2D eigenvalue weighted by Crippen LogP contribution is 2.45. The second-order valence-electron chi connectivity index (χ2n) is 5.07. The molecule has 4 nitrogen and oxygen atoms in total. The number of ether oxygens (including phenoxy) is 4. The first kappa shape index (κ1) is 17.9. The second kappa shape index (κ2) is 8.41. The number of hydrogen-bond acceptors (Lipinski definition) is 4. The molecule has 2 rings (SSSR count). The summed E-state index contributed by atoms with van der Waals surface area (Å²) in [4.78, 5) is 0. The summed E-state index contributed by atoms with van der Waals surface area (Å²) < 4.78 is 22.4. The molecule has 0 amide bonds. The molecule has 1 aromatic rings. The summed E-state index contributed by atoms with van der Waals surface area (Å²) in [5.41, 5.74) is 1.73. The first-order valence-electron chi connectivity index (χ1n) is 7.69. The van der Waals surface area contributed by atoms with Crippen LogP contribution in [0.3, 0.4) is 0 Å². The minimum absolute atomic E-state index is 0.0186. The molecule has 1 atom stereocenters. The van der Waals surface area contributed by atoms with Gasteiger partial charge >= 0.3 is 0 Å². The number of allylic oxidation sites excluding steroid dienone is 4. The highest BCUT2D eigenvalue weighted by molar-refractivity contribution is 5.54. The van der Waals surface area contributed by atoms with Gasteiger partial charge in [-0.05, 0) is 13.0 Å². The van der Waals surface area contributed by atoms with Gasteiger partial charge in [-0.1, -0.05) is 24.8 Å². The van der Waals surface area contributed by atoms with Gasteiger partial charge in [0.05, 0.1) is 26.4 Å². The van der Waals surface area contributed by atoms with Crippen LogP contribution in [0.15, 0.2) is 60.9 Å². The Morgan fingerprint density at radius 3 is 2.42 bits per heavy atom. The van der Waals surface area contributed by atoms with E-state index in [0.717, 1.165) is 11.1 Å². The highest BCUT2D eigenvalue weighted by Gasteiger charge is 2.33. The van der Waals surface area contributed by atoms with Crippen LogP contribution in [0, 0.1) is 6.42 Å². The first-order valence-corrected chi connectivity index (χ1v) is 7.69. The third kappa shape index (κ3) is 4.09. The smallest absolute Gasteiger partial charge is 0.140 e. The zero-order valence-electron chi connectivity index (χ0n) is 14.4. The third-order valence-corrected chi connectivity index (χ3v) is 3.59. The Morgan fingerprint density at radius 2 is 1.92 bits per heavy atom. The van der Waals surface area contributed by atoms with Crippen molar-refractivity contribution in [3.8, 4) is 17.2 Å². The van der Waals surface area contributed by atoms with Gasteiger partial charge in [0, 0.05) is 24.1 Å². The van der Waals surface area contributed by atoms with Crippen molar-refractivity contribution < 1.29 is 18.9 Å². The fraction of sp³-hybridized carbons (Fsp3) is 0.250. The van der Waals surface area contributed by atoms with Crippen LogP contribution in [-0.2, 0) is 4.74 Å². The van der Waals surface area contributed by atoms with E-state index >= 15 is 0 Å². The van der Waals surface area contributed by atoms with E-state index in [1.54, 1.807) is 26.4 Å². The molecule has 127 valence electrons. The van der Waals surface area contributed by atoms with Crippen LogP contribution in [0.1, 0.15) is 18.6 Å². The molecule has 1 aliphatic rings. The molecular formula is C20H23O4. The van der Waals surface area contributed by atoms with Crippen LogP contribution in [0.4, 0.5) is 0 Å². The van der Waals surface area contributed by atoms with Crippen molar-refractivity contribution in [2.45, 2.75) is 13.0 Å². The van der Waals surface area contributed by atoms with Gasteiger partial charge in [-0.3, -0.25) is 0 Å². The molecule has 1 aliphatic heterocycles. The molecule has 0 saturated carbocycles. The molecule has 24 heavy (non-hydrogen) atoms. The van der Waals surface area contributed by atoms with Crippen LogP contribution in [0.5, 0.6) is 17.2 Å². The van der Waals surface area contributed by atoms with E-state index in [0.29, 0.717) is 29.6 Å². The van der Waals surface area contributed by atoms with E-state index in [1.165, 1.54) is 0 Å². The van der Waals surface area contributed by atoms with Gasteiger partial charge in [-0.2, -0.15) is 0 Å². The SMILES string of the molecule is C=C[CH]/C=C(C=C)/C(=C/C)Oc1cc(OC)cc(OC)c1C1CO1. The lowest BCUT2D eigenvalue weighted by atomic mass is 10.1. The minimum atomic E-state index is -0.0186. The molecule has 1 fully saturated rings. The summed E-state index contributed by atoms with van der Waals surface area (Å²) in [7, 11) is 3.23. The van der Waals surface area contributed by atoms with Crippen molar-refractivity contribution in [3.05, 3.63) is 72.9 Å². The molecular weight excluding hydrogens is 304 g/mol. The Kier molecular flexibility index (Phi) is 6.27. The summed E-state index contributed by atoms with van der Waals surface area (Å²) in [5, 5.41) is 0. The molecule has 1 unspecified atom stereocenters. The van der Waals surface area contributed by atoms with E-state index in [-0.39, 0.29) is 6.10 Å². The number of hydrogen-bond donors (Lipinski definition) is 0. The Morgan fingerprint density at radius 1 is 1.21 bits per heavy atom. The molecule has 0 aliphatic carbocycles. The molecule has 1 saturated heterocycles. The van der Waals surface area contributed by atoms with Gasteiger partial charge < -0.3 is 18.9 Å². The fourth-order valence-electron chi connectivity index (χ4n) is 2.31. The van der Waals surface area contributed by atoms with Gasteiger partial charge in [0.1, 0.15) is 29.1 Å². The van der Waals surface area contributed by atoms with Gasteiger partial charge in [-0.25, -0.2) is 0 Å². The number of methoxy groups -OCH3 is 2. The Bertz CT molecular complexity index is 666. The maximum absolute atomic E-state index is 6.16. The average Bonchev–Trinajstić information content (AvgIpc) is 3.45. The van der Waals surface area contributed by atoms with Gasteiger partial charge in [0.2, 0.25) is 0 Å². The molecule has 0 spiro atoms. The molecule has 0 aromatic heterocycles. The summed E-state index contributed by atoms with van der Waals surface area (Å²) in [6, 6.07) is 3.66. The predicted molar refractivity (Wildman–Crippen MR) is 95.4 cm³/mol. The number of epoxide rings is 1. The normalized spacial score (nSPS) is 17.2. The van der Waals surface area contributed by atoms with Crippen LogP contribution >= 0.6 is 0 Å². The quantitative estimate of drug-likeness (QED) is 0.379. The summed E-state index contributed by atoms with van der Waals surface area (Å²) in [6.45, 7) is 10.1. The second-order valence-corrected chi connectivity index (χ2v) is 5.07. The Labute approximate surface area is 143 Å². The summed E-state index contributed by atoms with van der Waals surface area (Å²) in [5.74, 6) is 2.67. The van der Waals surface area contributed by atoms with Crippen LogP contribution in [-0.4, -0.2) is 20.8 Å². The summed E-state index contributed by atoms with van der Waals surface area (Å²) >= 11 is 0. The molecule has 1 heterocycles. The van der Waals surface area contributed by atoms with Crippen molar-refractivity contribution in [1.82, 2.24) is 0 Å². The third-order valence-electron chi connectivity index (χ3n) is 3.59. The lowest BCUT2D eigenvalue weighted by Gasteiger charge is -2.17. The molecule has 0 bridgehead atoms. The van der Waals surface area contributed by atoms with Gasteiger partial charge in [-0.15, -0.1) is 6.58 Å². The largest absolute Gasteiger partial charge is 0.496 e. The van der Waals surface area contributed by atoms with E-state index in [2.05, 4.69) is 13.2 Å². The first-order chi connectivity index (χ1) is 11.7. The van der Waals surface area contributed by atoms with Crippen molar-refractivity contribution in [2.24, 2.45) is 0 Å². The summed E-state index contributed by atoms with van der Waals surface area (Å²) in [6.07, 6.45) is 9.03. The average molecular weight is 327 g/mol. The van der Waals surface area contributed by atoms with Gasteiger partial charge in [0.15, 0.2) is 0 Å². The Hall–Kier alpha value is -2.46. The predicted octanol–water partition coefficient (Wildman–Crippen LogP) is 4.56. The lowest BCUT2D eigenvalue weighted by Crippen LogP contribution is -2.03. The molecule has 1 radical (unpaired) electrons. The maximum Gasteiger partial charge on any atom is 0.140 e. The van der Waals surface area contributed by atoms with Crippen molar-refractivity contribution in [2.75, 3.05) is 20.8 Å². The minimum Gasteiger partial charge on any atom is -0.496 e. The Balaban J connectivity index is 2.42. The van der Waals surface area contributed by atoms with Crippen molar-refractivity contribution >= 4 is 0 Å². The van der Waals surface area contributed by atoms with Gasteiger partial charge in [0.25, 0.3) is 0 Å². The number of rotatable bonds is 9. The van der Waals surface area contributed by atoms with Crippen molar-refractivity contribution in [3.63, 3.8) is 0 Å². The van der Waals surface area contributed by atoms with E-state index < -0.39 is 0 Å². The maximum atomic E-state index is 6.16. The van der Waals surface area contributed by atoms with Crippen molar-refractivity contribution in [1.29, 1.82) is 0 Å². The fourth-order valence-corrected chi connectivity index (χ4v) is 2.31. The van der Waals surface area contributed by atoms with E-state index in [4.69, 9.17) is 18.9 Å². The van der Waals surface area contributed by atoms with Crippen LogP contribution in [0.2, 0.25) is 0 Å². The van der Waals surface area contributed by atoms with Crippen LogP contribution < -0.4 is 14.2 Å². The number of benzene rings is 1. The standard InChI is InChI=1S/C20H23O4/c1-6-9-10-14(7-2)16(8-3)24-18-12-15(21-4)11-17(22-5)20(18)19-13-23-19/h6-12,19H,1-2,13H2,3-5H3/b14-10+,16-8-. The zero-order chi connectivity index (χ0) is 17.5. The van der Waals surface area contributed by atoms with E-state index in [1.807, 2.05) is 37.6 Å². The molecule has 1 aromatic carbocycles. The molecule has 4 heteroatoms. The van der Waals surface area contributed by atoms with Crippen LogP contribution in [0.25, 0.3) is 0 Å². The zero-order valence-corrected chi connectivity index (χ0v) is 14.4.